The number of nitrogens with one attached hydrogen (secondary N) is 1. The highest BCUT2D eigenvalue weighted by atomic mass is 79.9. The van der Waals surface area contributed by atoms with Gasteiger partial charge < -0.3 is 5.32 Å². The molecule has 0 atom stereocenters. The lowest BCUT2D eigenvalue weighted by molar-refractivity contribution is -0.267. The second-order valence-corrected chi connectivity index (χ2v) is 4.13. The third kappa shape index (κ3) is 3.17. The summed E-state index contributed by atoms with van der Waals surface area (Å²) in [4.78, 5) is 10.8. The molecule has 0 aromatic heterocycles. The molecule has 2 nitrogen and oxygen atoms in total. The van der Waals surface area contributed by atoms with E-state index in [9.17, 15) is 35.5 Å². The summed E-state index contributed by atoms with van der Waals surface area (Å²) >= 11 is 2.56. The van der Waals surface area contributed by atoms with Gasteiger partial charge in [0.25, 0.3) is 0 Å². The molecule has 106 valence electrons. The number of hydrogen-bond acceptors (Lipinski definition) is 1. The van der Waals surface area contributed by atoms with Gasteiger partial charge in [-0.1, -0.05) is 0 Å². The maximum Gasteiger partial charge on any atom is 0.463 e. The summed E-state index contributed by atoms with van der Waals surface area (Å²) in [5.41, 5.74) is -1.01. The van der Waals surface area contributed by atoms with E-state index < -0.39 is 39.8 Å². The lowest BCUT2D eigenvalue weighted by Gasteiger charge is -2.18. The second kappa shape index (κ2) is 4.99. The maximum absolute atomic E-state index is 13.1. The van der Waals surface area contributed by atoms with Crippen molar-refractivity contribution in [2.75, 3.05) is 5.32 Å². The van der Waals surface area contributed by atoms with Gasteiger partial charge in [0, 0.05) is 6.07 Å². The molecule has 1 aromatic carbocycles. The first-order valence-corrected chi connectivity index (χ1v) is 5.16. The molecule has 0 radical (unpaired) electrons. The van der Waals surface area contributed by atoms with Crippen molar-refractivity contribution in [1.82, 2.24) is 0 Å². The van der Waals surface area contributed by atoms with E-state index in [1.165, 1.54) is 0 Å². The molecule has 0 spiro atoms. The van der Waals surface area contributed by atoms with Crippen LogP contribution in [0.2, 0.25) is 0 Å². The van der Waals surface area contributed by atoms with Gasteiger partial charge in [-0.05, 0) is 22.0 Å². The smallest absolute Gasteiger partial charge is 0.318 e. The van der Waals surface area contributed by atoms with Crippen molar-refractivity contribution in [3.8, 4) is 0 Å². The van der Waals surface area contributed by atoms with Gasteiger partial charge in [0.2, 0.25) is 0 Å². The zero-order valence-corrected chi connectivity index (χ0v) is 10.2. The average molecular weight is 354 g/mol. The number of halogens is 8. The first-order chi connectivity index (χ1) is 8.46. The van der Waals surface area contributed by atoms with Crippen LogP contribution in [0.25, 0.3) is 0 Å². The predicted molar refractivity (Wildman–Crippen MR) is 53.7 cm³/mol. The fourth-order valence-electron chi connectivity index (χ4n) is 0.948. The Labute approximate surface area is 109 Å². The number of hydrogen-bond donors (Lipinski definition) is 1. The number of anilines is 1. The molecular weight excluding hydrogens is 351 g/mol. The van der Waals surface area contributed by atoms with Crippen molar-refractivity contribution < 1.29 is 35.5 Å². The third-order valence-corrected chi connectivity index (χ3v) is 2.51. The second-order valence-electron chi connectivity index (χ2n) is 3.27. The van der Waals surface area contributed by atoms with E-state index in [4.69, 9.17) is 0 Å². The molecule has 0 aliphatic heterocycles. The molecule has 0 unspecified atom stereocenters. The minimum atomic E-state index is -6.12. The maximum atomic E-state index is 13.1. The molecule has 0 aliphatic rings. The van der Waals surface area contributed by atoms with E-state index in [2.05, 4.69) is 15.9 Å². The molecular formula is C9H3BrF7NO. The lowest BCUT2D eigenvalue weighted by Crippen LogP contribution is -2.47. The molecule has 0 aliphatic carbocycles. The fraction of sp³-hybridized carbons (Fsp3) is 0.222. The van der Waals surface area contributed by atoms with Crippen molar-refractivity contribution in [3.63, 3.8) is 0 Å². The quantitative estimate of drug-likeness (QED) is 0.634. The topological polar surface area (TPSA) is 29.1 Å². The zero-order valence-electron chi connectivity index (χ0n) is 8.59. The molecule has 19 heavy (non-hydrogen) atoms. The number of amides is 1. The molecule has 1 rings (SSSR count). The summed E-state index contributed by atoms with van der Waals surface area (Å²) in [7, 11) is 0. The molecule has 0 fully saturated rings. The Kier molecular flexibility index (Phi) is 4.13. The molecule has 1 aromatic rings. The highest BCUT2D eigenvalue weighted by Crippen LogP contribution is 2.36. The Hall–Kier alpha value is -1.32. The predicted octanol–water partition coefficient (Wildman–Crippen LogP) is 3.86. The third-order valence-electron chi connectivity index (χ3n) is 1.90. The summed E-state index contributed by atoms with van der Waals surface area (Å²) in [5, 5.41) is 1.04. The van der Waals surface area contributed by atoms with Crippen molar-refractivity contribution >= 4 is 27.5 Å². The summed E-state index contributed by atoms with van der Waals surface area (Å²) < 4.78 is 86.2. The van der Waals surface area contributed by atoms with Crippen molar-refractivity contribution in [2.45, 2.75) is 12.1 Å². The van der Waals surface area contributed by atoms with Crippen molar-refractivity contribution in [2.24, 2.45) is 0 Å². The number of carbonyl (C=O) groups is 1. The summed E-state index contributed by atoms with van der Waals surface area (Å²) in [5.74, 6) is -11.1. The number of alkyl halides is 5. The highest BCUT2D eigenvalue weighted by molar-refractivity contribution is 9.10. The van der Waals surface area contributed by atoms with E-state index in [0.717, 1.165) is 5.32 Å². The highest BCUT2D eigenvalue weighted by Gasteiger charge is 2.63. The van der Waals surface area contributed by atoms with Crippen LogP contribution in [0, 0.1) is 11.6 Å². The van der Waals surface area contributed by atoms with Gasteiger partial charge in [0.15, 0.2) is 0 Å². The van der Waals surface area contributed by atoms with Crippen molar-refractivity contribution in [3.05, 3.63) is 28.2 Å². The molecule has 10 heteroatoms. The Morgan fingerprint density at radius 1 is 1.05 bits per heavy atom. The molecule has 1 N–H and O–H groups in total. The number of benzene rings is 1. The van der Waals surface area contributed by atoms with Gasteiger partial charge in [-0.2, -0.15) is 22.0 Å². The summed E-state index contributed by atoms with van der Waals surface area (Å²) in [6.45, 7) is 0. The standard InChI is InChI=1S/C9H3BrF7NO/c10-3-1-6(5(12)2-4(3)11)18-7(19)8(13,14)9(15,16)17/h1-2H,(H,18,19). The molecule has 0 bridgehead atoms. The molecule has 0 heterocycles. The van der Waals surface area contributed by atoms with Crippen LogP contribution in [0.3, 0.4) is 0 Å². The zero-order chi connectivity index (χ0) is 15.0. The van der Waals surface area contributed by atoms with Gasteiger partial charge in [-0.3, -0.25) is 4.79 Å². The van der Waals surface area contributed by atoms with Crippen LogP contribution >= 0.6 is 15.9 Å². The largest absolute Gasteiger partial charge is 0.463 e. The van der Waals surface area contributed by atoms with Crippen LogP contribution in [0.1, 0.15) is 0 Å². The van der Waals surface area contributed by atoms with Crippen LogP contribution < -0.4 is 5.32 Å². The van der Waals surface area contributed by atoms with E-state index in [0.29, 0.717) is 6.07 Å². The van der Waals surface area contributed by atoms with Crippen LogP contribution in [-0.4, -0.2) is 18.0 Å². The average Bonchev–Trinajstić information content (AvgIpc) is 2.24. The lowest BCUT2D eigenvalue weighted by atomic mass is 10.2. The fourth-order valence-corrected chi connectivity index (χ4v) is 1.29. The Bertz CT molecular complexity index is 514. The van der Waals surface area contributed by atoms with Gasteiger partial charge in [-0.15, -0.1) is 0 Å². The van der Waals surface area contributed by atoms with Crippen LogP contribution in [0.15, 0.2) is 16.6 Å². The van der Waals surface area contributed by atoms with Crippen LogP contribution in [-0.2, 0) is 4.79 Å². The minimum absolute atomic E-state index is 0.214. The number of carbonyl (C=O) groups excluding carboxylic acids is 1. The molecule has 1 amide bonds. The SMILES string of the molecule is O=C(Nc1cc(Br)c(F)cc1F)C(F)(F)C(F)(F)F. The molecule has 0 saturated carbocycles. The summed E-state index contributed by atoms with van der Waals surface area (Å²) in [6, 6.07) is 0.737. The van der Waals surface area contributed by atoms with Gasteiger partial charge in [-0.25, -0.2) is 8.78 Å². The summed E-state index contributed by atoms with van der Waals surface area (Å²) in [6.07, 6.45) is -6.12. The Morgan fingerprint density at radius 2 is 1.58 bits per heavy atom. The first kappa shape index (κ1) is 15.7. The number of rotatable bonds is 2. The normalized spacial score (nSPS) is 12.4. The van der Waals surface area contributed by atoms with Gasteiger partial charge >= 0.3 is 18.0 Å². The monoisotopic (exact) mass is 353 g/mol. The Morgan fingerprint density at radius 3 is 2.05 bits per heavy atom. The van der Waals surface area contributed by atoms with Crippen molar-refractivity contribution in [1.29, 1.82) is 0 Å². The van der Waals surface area contributed by atoms with Gasteiger partial charge in [0.05, 0.1) is 10.2 Å². The van der Waals surface area contributed by atoms with Crippen LogP contribution in [0.4, 0.5) is 36.4 Å². The van der Waals surface area contributed by atoms with E-state index >= 15 is 0 Å². The van der Waals surface area contributed by atoms with E-state index in [-0.39, 0.29) is 6.07 Å². The minimum Gasteiger partial charge on any atom is -0.318 e. The van der Waals surface area contributed by atoms with Crippen LogP contribution in [0.5, 0.6) is 0 Å². The van der Waals surface area contributed by atoms with Gasteiger partial charge in [0.1, 0.15) is 11.6 Å². The van der Waals surface area contributed by atoms with E-state index in [1.807, 2.05) is 0 Å². The first-order valence-electron chi connectivity index (χ1n) is 4.37. The van der Waals surface area contributed by atoms with E-state index in [1.54, 1.807) is 0 Å². The molecule has 0 saturated heterocycles. The Balaban J connectivity index is 3.05.